The Bertz CT molecular complexity index is 321. The van der Waals surface area contributed by atoms with Gasteiger partial charge >= 0.3 is 0 Å². The topological polar surface area (TPSA) is 36.9 Å². The van der Waals surface area contributed by atoms with E-state index in [2.05, 4.69) is 37.9 Å². The number of guanidine groups is 1. The molecule has 2 rings (SSSR count). The van der Waals surface area contributed by atoms with Crippen LogP contribution in [0.4, 0.5) is 0 Å². The number of rotatable bonds is 3. The fourth-order valence-corrected chi connectivity index (χ4v) is 3.07. The van der Waals surface area contributed by atoms with Crippen molar-refractivity contribution in [1.82, 2.24) is 10.2 Å². The lowest BCUT2D eigenvalue weighted by Crippen LogP contribution is -2.49. The molecule has 2 fully saturated rings. The van der Waals surface area contributed by atoms with E-state index in [1.165, 1.54) is 6.42 Å². The van der Waals surface area contributed by atoms with Crippen molar-refractivity contribution >= 4 is 29.9 Å². The first-order chi connectivity index (χ1) is 9.02. The Hall–Kier alpha value is -0.0400. The highest BCUT2D eigenvalue weighted by Crippen LogP contribution is 2.27. The number of halogens is 1. The number of ether oxygens (including phenoxy) is 1. The van der Waals surface area contributed by atoms with Crippen LogP contribution >= 0.6 is 24.0 Å². The molecule has 1 N–H and O–H groups in total. The van der Waals surface area contributed by atoms with Gasteiger partial charge in [0, 0.05) is 25.0 Å². The lowest BCUT2D eigenvalue weighted by atomic mass is 9.89. The van der Waals surface area contributed by atoms with Crippen molar-refractivity contribution in [3.05, 3.63) is 0 Å². The minimum Gasteiger partial charge on any atom is -0.380 e. The molecule has 0 bridgehead atoms. The minimum atomic E-state index is 0. The number of nitrogens with zero attached hydrogens (tertiary/aromatic N) is 2. The third-order valence-corrected chi connectivity index (χ3v) is 4.01. The van der Waals surface area contributed by atoms with Gasteiger partial charge in [-0.1, -0.05) is 20.8 Å². The quantitative estimate of drug-likeness (QED) is 0.454. The third kappa shape index (κ3) is 4.76. The zero-order valence-electron chi connectivity index (χ0n) is 13.3. The molecule has 20 heavy (non-hydrogen) atoms. The predicted octanol–water partition coefficient (Wildman–Crippen LogP) is 2.58. The summed E-state index contributed by atoms with van der Waals surface area (Å²) in [6.07, 6.45) is 1.33. The Kier molecular flexibility index (Phi) is 7.04. The van der Waals surface area contributed by atoms with Crippen molar-refractivity contribution in [3.8, 4) is 0 Å². The fraction of sp³-hybridized carbons (Fsp3) is 0.933. The first kappa shape index (κ1) is 18.0. The number of likely N-dealkylation sites (tertiary alicyclic amines) is 1. The molecule has 0 aromatic heterocycles. The van der Waals surface area contributed by atoms with Gasteiger partial charge in [0.25, 0.3) is 0 Å². The van der Waals surface area contributed by atoms with Crippen LogP contribution in [-0.4, -0.2) is 50.3 Å². The highest BCUT2D eigenvalue weighted by molar-refractivity contribution is 14.0. The summed E-state index contributed by atoms with van der Waals surface area (Å²) in [5, 5.41) is 3.45. The van der Waals surface area contributed by atoms with Gasteiger partial charge in [-0.25, -0.2) is 0 Å². The van der Waals surface area contributed by atoms with E-state index < -0.39 is 0 Å². The molecule has 0 aromatic rings. The zero-order valence-corrected chi connectivity index (χ0v) is 15.6. The second kappa shape index (κ2) is 7.82. The molecule has 2 heterocycles. The van der Waals surface area contributed by atoms with Crippen molar-refractivity contribution in [2.45, 2.75) is 34.1 Å². The van der Waals surface area contributed by atoms with Crippen LogP contribution in [0.15, 0.2) is 4.99 Å². The molecule has 5 heteroatoms. The zero-order chi connectivity index (χ0) is 13.9. The van der Waals surface area contributed by atoms with Gasteiger partial charge in [0.2, 0.25) is 0 Å². The van der Waals surface area contributed by atoms with Crippen LogP contribution < -0.4 is 5.32 Å². The van der Waals surface area contributed by atoms with Gasteiger partial charge in [0.05, 0.1) is 19.8 Å². The number of hydrogen-bond donors (Lipinski definition) is 1. The smallest absolute Gasteiger partial charge is 0.193 e. The van der Waals surface area contributed by atoms with Gasteiger partial charge in [-0.05, 0) is 25.2 Å². The SMILES string of the molecule is CCNC(=NCC1(C)COC1)N1CC(C)CC(C)C1.I. The summed E-state index contributed by atoms with van der Waals surface area (Å²) in [5.41, 5.74) is 0.258. The van der Waals surface area contributed by atoms with E-state index in [1.807, 2.05) is 0 Å². The highest BCUT2D eigenvalue weighted by Gasteiger charge is 2.33. The van der Waals surface area contributed by atoms with Gasteiger partial charge in [0.15, 0.2) is 5.96 Å². The normalized spacial score (nSPS) is 29.4. The molecule has 2 unspecified atom stereocenters. The molecule has 0 saturated carbocycles. The Morgan fingerprint density at radius 1 is 1.30 bits per heavy atom. The maximum absolute atomic E-state index is 5.31. The Balaban J connectivity index is 0.00000200. The highest BCUT2D eigenvalue weighted by atomic mass is 127. The maximum Gasteiger partial charge on any atom is 0.193 e. The van der Waals surface area contributed by atoms with Crippen LogP contribution in [0.1, 0.15) is 34.1 Å². The van der Waals surface area contributed by atoms with Crippen molar-refractivity contribution in [2.24, 2.45) is 22.2 Å². The Morgan fingerprint density at radius 2 is 1.90 bits per heavy atom. The summed E-state index contributed by atoms with van der Waals surface area (Å²) < 4.78 is 5.31. The fourth-order valence-electron chi connectivity index (χ4n) is 3.07. The van der Waals surface area contributed by atoms with E-state index in [0.717, 1.165) is 57.2 Å². The second-order valence-electron chi connectivity index (χ2n) is 6.82. The van der Waals surface area contributed by atoms with Crippen LogP contribution in [0.3, 0.4) is 0 Å². The molecular formula is C15H30IN3O. The van der Waals surface area contributed by atoms with Gasteiger partial charge in [0.1, 0.15) is 0 Å². The molecule has 4 nitrogen and oxygen atoms in total. The monoisotopic (exact) mass is 395 g/mol. The van der Waals surface area contributed by atoms with Crippen LogP contribution in [0, 0.1) is 17.3 Å². The van der Waals surface area contributed by atoms with E-state index in [1.54, 1.807) is 0 Å². The number of aliphatic imine (C=N–C) groups is 1. The Labute approximate surface area is 140 Å². The average molecular weight is 395 g/mol. The van der Waals surface area contributed by atoms with Crippen molar-refractivity contribution in [2.75, 3.05) is 39.4 Å². The molecule has 2 aliphatic rings. The standard InChI is InChI=1S/C15H29N3O.HI/c1-5-16-14(17-9-15(4)10-19-11-15)18-7-12(2)6-13(3)8-18;/h12-13H,5-11H2,1-4H3,(H,16,17);1H. The molecule has 0 radical (unpaired) electrons. The van der Waals surface area contributed by atoms with E-state index in [-0.39, 0.29) is 29.4 Å². The lowest BCUT2D eigenvalue weighted by Gasteiger charge is -2.39. The summed E-state index contributed by atoms with van der Waals surface area (Å²) in [4.78, 5) is 7.29. The van der Waals surface area contributed by atoms with Gasteiger partial charge in [-0.2, -0.15) is 0 Å². The summed E-state index contributed by atoms with van der Waals surface area (Å²) in [5.74, 6) is 2.61. The van der Waals surface area contributed by atoms with E-state index in [4.69, 9.17) is 9.73 Å². The number of nitrogens with one attached hydrogen (secondary N) is 1. The maximum atomic E-state index is 5.31. The summed E-state index contributed by atoms with van der Waals surface area (Å²) in [6.45, 7) is 14.8. The lowest BCUT2D eigenvalue weighted by molar-refractivity contribution is -0.0946. The molecule has 118 valence electrons. The van der Waals surface area contributed by atoms with Gasteiger partial charge < -0.3 is 15.0 Å². The van der Waals surface area contributed by atoms with Crippen LogP contribution in [-0.2, 0) is 4.74 Å². The minimum absolute atomic E-state index is 0. The summed E-state index contributed by atoms with van der Waals surface area (Å²) in [6, 6.07) is 0. The first-order valence-corrected chi connectivity index (χ1v) is 7.63. The van der Waals surface area contributed by atoms with Crippen molar-refractivity contribution < 1.29 is 4.74 Å². The van der Waals surface area contributed by atoms with Crippen LogP contribution in [0.25, 0.3) is 0 Å². The van der Waals surface area contributed by atoms with E-state index in [0.29, 0.717) is 0 Å². The summed E-state index contributed by atoms with van der Waals surface area (Å²) in [7, 11) is 0. The van der Waals surface area contributed by atoms with E-state index in [9.17, 15) is 0 Å². The number of hydrogen-bond acceptors (Lipinski definition) is 2. The molecule has 0 aromatic carbocycles. The number of piperidine rings is 1. The van der Waals surface area contributed by atoms with Crippen LogP contribution in [0.2, 0.25) is 0 Å². The van der Waals surface area contributed by atoms with E-state index >= 15 is 0 Å². The molecule has 0 amide bonds. The molecule has 2 saturated heterocycles. The van der Waals surface area contributed by atoms with Gasteiger partial charge in [-0.15, -0.1) is 24.0 Å². The predicted molar refractivity (Wildman–Crippen MR) is 94.8 cm³/mol. The first-order valence-electron chi connectivity index (χ1n) is 7.63. The second-order valence-corrected chi connectivity index (χ2v) is 6.82. The molecule has 2 atom stereocenters. The molecule has 0 spiro atoms. The Morgan fingerprint density at radius 3 is 2.35 bits per heavy atom. The summed E-state index contributed by atoms with van der Waals surface area (Å²) >= 11 is 0. The molecule has 2 aliphatic heterocycles. The third-order valence-electron chi connectivity index (χ3n) is 4.01. The van der Waals surface area contributed by atoms with Gasteiger partial charge in [-0.3, -0.25) is 4.99 Å². The average Bonchev–Trinajstić information content (AvgIpc) is 2.31. The molecular weight excluding hydrogens is 365 g/mol. The molecule has 0 aliphatic carbocycles. The van der Waals surface area contributed by atoms with Crippen LogP contribution in [0.5, 0.6) is 0 Å². The van der Waals surface area contributed by atoms with Crippen molar-refractivity contribution in [1.29, 1.82) is 0 Å². The van der Waals surface area contributed by atoms with Crippen molar-refractivity contribution in [3.63, 3.8) is 0 Å². The largest absolute Gasteiger partial charge is 0.380 e.